The molecule has 0 saturated heterocycles. The van der Waals surface area contributed by atoms with Crippen LogP contribution in [0.15, 0.2) is 53.1 Å². The highest BCUT2D eigenvalue weighted by molar-refractivity contribution is 5.89. The summed E-state index contributed by atoms with van der Waals surface area (Å²) in [6.45, 7) is 5.42. The molecule has 1 aromatic carbocycles. The lowest BCUT2D eigenvalue weighted by atomic mass is 10.1. The zero-order valence-corrected chi connectivity index (χ0v) is 11.1. The van der Waals surface area contributed by atoms with Gasteiger partial charge in [0.25, 0.3) is 0 Å². The zero-order valence-electron chi connectivity index (χ0n) is 11.1. The first kappa shape index (κ1) is 14.0. The number of nitrogens with zero attached hydrogens (tertiary/aromatic N) is 1. The SMILES string of the molecule is C=C(C(=O)OCC)C(O)c1cc(-c2ccccc2)no1. The van der Waals surface area contributed by atoms with E-state index >= 15 is 0 Å². The van der Waals surface area contributed by atoms with Crippen molar-refractivity contribution >= 4 is 5.97 Å². The van der Waals surface area contributed by atoms with Crippen LogP contribution in [0.1, 0.15) is 18.8 Å². The van der Waals surface area contributed by atoms with Crippen molar-refractivity contribution in [2.75, 3.05) is 6.61 Å². The van der Waals surface area contributed by atoms with Crippen molar-refractivity contribution in [2.24, 2.45) is 0 Å². The molecule has 2 aromatic rings. The minimum absolute atomic E-state index is 0.0809. The normalized spacial score (nSPS) is 11.9. The number of benzene rings is 1. The number of hydrogen-bond donors (Lipinski definition) is 1. The molecule has 0 saturated carbocycles. The maximum absolute atomic E-state index is 11.5. The Labute approximate surface area is 116 Å². The molecule has 5 nitrogen and oxygen atoms in total. The molecular formula is C15H15NO4. The van der Waals surface area contributed by atoms with Crippen LogP contribution in [0, 0.1) is 0 Å². The minimum atomic E-state index is -1.26. The highest BCUT2D eigenvalue weighted by Crippen LogP contribution is 2.26. The van der Waals surface area contributed by atoms with Gasteiger partial charge in [0, 0.05) is 11.6 Å². The van der Waals surface area contributed by atoms with Crippen molar-refractivity contribution in [3.63, 3.8) is 0 Å². The summed E-state index contributed by atoms with van der Waals surface area (Å²) in [5.74, 6) is -0.500. The Kier molecular flexibility index (Phi) is 4.32. The van der Waals surface area contributed by atoms with Gasteiger partial charge in [0.1, 0.15) is 11.8 Å². The first-order chi connectivity index (χ1) is 9.63. The summed E-state index contributed by atoms with van der Waals surface area (Å²) in [4.78, 5) is 11.5. The number of carbonyl (C=O) groups excluding carboxylic acids is 1. The second-order valence-corrected chi connectivity index (χ2v) is 4.13. The fraction of sp³-hybridized carbons (Fsp3) is 0.200. The number of hydrogen-bond acceptors (Lipinski definition) is 5. The molecule has 1 aromatic heterocycles. The number of ether oxygens (including phenoxy) is 1. The molecule has 2 rings (SSSR count). The van der Waals surface area contributed by atoms with Crippen molar-refractivity contribution in [1.82, 2.24) is 5.16 Å². The van der Waals surface area contributed by atoms with Crippen LogP contribution in [0.3, 0.4) is 0 Å². The highest BCUT2D eigenvalue weighted by Gasteiger charge is 2.23. The molecule has 0 aliphatic carbocycles. The predicted octanol–water partition coefficient (Wildman–Crippen LogP) is 2.49. The summed E-state index contributed by atoms with van der Waals surface area (Å²) >= 11 is 0. The Morgan fingerprint density at radius 3 is 2.80 bits per heavy atom. The van der Waals surface area contributed by atoms with Gasteiger partial charge in [-0.25, -0.2) is 4.79 Å². The third kappa shape index (κ3) is 2.95. The molecular weight excluding hydrogens is 258 g/mol. The van der Waals surface area contributed by atoms with Gasteiger partial charge in [-0.15, -0.1) is 0 Å². The number of aliphatic hydroxyl groups is 1. The van der Waals surface area contributed by atoms with Gasteiger partial charge < -0.3 is 14.4 Å². The molecule has 1 unspecified atom stereocenters. The molecule has 20 heavy (non-hydrogen) atoms. The standard InChI is InChI=1S/C15H15NO4/c1-3-19-15(18)10(2)14(17)13-9-12(16-20-13)11-7-5-4-6-8-11/h4-9,14,17H,2-3H2,1H3. The van der Waals surface area contributed by atoms with E-state index in [-0.39, 0.29) is 17.9 Å². The second kappa shape index (κ2) is 6.16. The maximum atomic E-state index is 11.5. The van der Waals surface area contributed by atoms with Gasteiger partial charge in [0.15, 0.2) is 5.76 Å². The maximum Gasteiger partial charge on any atom is 0.336 e. The van der Waals surface area contributed by atoms with Crippen molar-refractivity contribution < 1.29 is 19.2 Å². The molecule has 0 aliphatic heterocycles. The van der Waals surface area contributed by atoms with E-state index in [0.717, 1.165) is 5.56 Å². The predicted molar refractivity (Wildman–Crippen MR) is 72.7 cm³/mol. The van der Waals surface area contributed by atoms with Crippen molar-refractivity contribution in [3.8, 4) is 11.3 Å². The molecule has 0 spiro atoms. The number of carbonyl (C=O) groups is 1. The van der Waals surface area contributed by atoms with E-state index in [4.69, 9.17) is 9.26 Å². The Morgan fingerprint density at radius 1 is 1.45 bits per heavy atom. The first-order valence-corrected chi connectivity index (χ1v) is 6.19. The Morgan fingerprint density at radius 2 is 2.15 bits per heavy atom. The van der Waals surface area contributed by atoms with E-state index < -0.39 is 12.1 Å². The minimum Gasteiger partial charge on any atom is -0.463 e. The van der Waals surface area contributed by atoms with Gasteiger partial charge in [-0.2, -0.15) is 0 Å². The molecule has 5 heteroatoms. The quantitative estimate of drug-likeness (QED) is 0.669. The van der Waals surface area contributed by atoms with Gasteiger partial charge in [0.05, 0.1) is 12.2 Å². The Hall–Kier alpha value is -2.40. The molecule has 104 valence electrons. The van der Waals surface area contributed by atoms with Crippen LogP contribution in [0.25, 0.3) is 11.3 Å². The van der Waals surface area contributed by atoms with Gasteiger partial charge in [-0.3, -0.25) is 0 Å². The van der Waals surface area contributed by atoms with E-state index in [1.54, 1.807) is 13.0 Å². The van der Waals surface area contributed by atoms with E-state index in [2.05, 4.69) is 11.7 Å². The number of rotatable bonds is 5. The lowest BCUT2D eigenvalue weighted by Gasteiger charge is -2.08. The molecule has 1 atom stereocenters. The van der Waals surface area contributed by atoms with Gasteiger partial charge in [-0.1, -0.05) is 42.1 Å². The van der Waals surface area contributed by atoms with E-state index in [1.165, 1.54) is 0 Å². The number of esters is 1. The van der Waals surface area contributed by atoms with Crippen molar-refractivity contribution in [3.05, 3.63) is 54.3 Å². The van der Waals surface area contributed by atoms with Gasteiger partial charge >= 0.3 is 5.97 Å². The third-order valence-corrected chi connectivity index (χ3v) is 2.74. The molecule has 0 aliphatic rings. The molecule has 1 N–H and O–H groups in total. The number of aromatic nitrogens is 1. The monoisotopic (exact) mass is 273 g/mol. The zero-order chi connectivity index (χ0) is 14.5. The van der Waals surface area contributed by atoms with Crippen LogP contribution in [0.4, 0.5) is 0 Å². The van der Waals surface area contributed by atoms with E-state index in [9.17, 15) is 9.90 Å². The molecule has 1 heterocycles. The molecule has 0 radical (unpaired) electrons. The van der Waals surface area contributed by atoms with Crippen LogP contribution in [0.5, 0.6) is 0 Å². The van der Waals surface area contributed by atoms with Crippen molar-refractivity contribution in [1.29, 1.82) is 0 Å². The van der Waals surface area contributed by atoms with E-state index in [0.29, 0.717) is 5.69 Å². The average molecular weight is 273 g/mol. The summed E-state index contributed by atoms with van der Waals surface area (Å²) in [7, 11) is 0. The van der Waals surface area contributed by atoms with Crippen LogP contribution < -0.4 is 0 Å². The summed E-state index contributed by atoms with van der Waals surface area (Å²) in [6, 6.07) is 10.9. The Balaban J connectivity index is 2.16. The Bertz CT molecular complexity index is 603. The first-order valence-electron chi connectivity index (χ1n) is 6.19. The van der Waals surface area contributed by atoms with Crippen LogP contribution in [-0.4, -0.2) is 22.8 Å². The topological polar surface area (TPSA) is 72.6 Å². The fourth-order valence-electron chi connectivity index (χ4n) is 1.67. The molecule has 0 bridgehead atoms. The molecule has 0 amide bonds. The molecule has 0 fully saturated rings. The van der Waals surface area contributed by atoms with Gasteiger partial charge in [-0.05, 0) is 6.92 Å². The fourth-order valence-corrected chi connectivity index (χ4v) is 1.67. The summed E-state index contributed by atoms with van der Waals surface area (Å²) in [5.41, 5.74) is 1.36. The smallest absolute Gasteiger partial charge is 0.336 e. The summed E-state index contributed by atoms with van der Waals surface area (Å²) in [5, 5.41) is 13.9. The van der Waals surface area contributed by atoms with Crippen LogP contribution in [0.2, 0.25) is 0 Å². The lowest BCUT2D eigenvalue weighted by molar-refractivity contribution is -0.139. The highest BCUT2D eigenvalue weighted by atomic mass is 16.5. The largest absolute Gasteiger partial charge is 0.463 e. The lowest BCUT2D eigenvalue weighted by Crippen LogP contribution is -2.13. The van der Waals surface area contributed by atoms with Crippen molar-refractivity contribution in [2.45, 2.75) is 13.0 Å². The van der Waals surface area contributed by atoms with Crippen LogP contribution >= 0.6 is 0 Å². The summed E-state index contributed by atoms with van der Waals surface area (Å²) < 4.78 is 9.84. The second-order valence-electron chi connectivity index (χ2n) is 4.13. The summed E-state index contributed by atoms with van der Waals surface area (Å²) in [6.07, 6.45) is -1.26. The third-order valence-electron chi connectivity index (χ3n) is 2.74. The van der Waals surface area contributed by atoms with E-state index in [1.807, 2.05) is 30.3 Å². The average Bonchev–Trinajstić information content (AvgIpc) is 2.96. The van der Waals surface area contributed by atoms with Crippen LogP contribution in [-0.2, 0) is 9.53 Å². The number of aliphatic hydroxyl groups excluding tert-OH is 1. The van der Waals surface area contributed by atoms with Gasteiger partial charge in [0.2, 0.25) is 0 Å².